The topological polar surface area (TPSA) is 81.4 Å². The highest BCUT2D eigenvalue weighted by Crippen LogP contribution is 2.29. The highest BCUT2D eigenvalue weighted by atomic mass is 16.5. The number of nitrogens with one attached hydrogen (secondary N) is 2. The largest absolute Gasteiger partial charge is 0.495 e. The lowest BCUT2D eigenvalue weighted by atomic mass is 10.0. The first-order valence-corrected chi connectivity index (χ1v) is 8.50. The zero-order valence-electron chi connectivity index (χ0n) is 14.8. The quantitative estimate of drug-likeness (QED) is 0.879. The van der Waals surface area contributed by atoms with Crippen LogP contribution in [0, 0.1) is 0 Å². The maximum Gasteiger partial charge on any atom is 0.327 e. The molecule has 2 N–H and O–H groups in total. The van der Waals surface area contributed by atoms with Crippen molar-refractivity contribution in [2.75, 3.05) is 43.1 Å². The third-order valence-corrected chi connectivity index (χ3v) is 4.56. The fraction of sp³-hybridized carbons (Fsp3) is 0.444. The molecular weight excluding hydrogens is 320 g/mol. The van der Waals surface area contributed by atoms with Crippen molar-refractivity contribution in [2.24, 2.45) is 0 Å². The summed E-state index contributed by atoms with van der Waals surface area (Å²) in [5.41, 5.74) is 0.927. The lowest BCUT2D eigenvalue weighted by molar-refractivity contribution is 0.413. The molecule has 1 aromatic heterocycles. The number of anilines is 2. The lowest BCUT2D eigenvalue weighted by Gasteiger charge is -2.38. The number of aromatic amines is 2. The van der Waals surface area contributed by atoms with Crippen molar-refractivity contribution in [1.82, 2.24) is 9.97 Å². The lowest BCUT2D eigenvalue weighted by Crippen LogP contribution is -2.48. The third kappa shape index (κ3) is 3.40. The minimum absolute atomic E-state index is 0.0304. The van der Waals surface area contributed by atoms with Crippen LogP contribution in [0.3, 0.4) is 0 Å². The summed E-state index contributed by atoms with van der Waals surface area (Å²) < 4.78 is 5.44. The minimum Gasteiger partial charge on any atom is -0.495 e. The van der Waals surface area contributed by atoms with E-state index in [1.165, 1.54) is 0 Å². The first-order chi connectivity index (χ1) is 12.0. The molecule has 0 spiro atoms. The Labute approximate surface area is 146 Å². The van der Waals surface area contributed by atoms with E-state index in [9.17, 15) is 9.59 Å². The van der Waals surface area contributed by atoms with Gasteiger partial charge in [-0.25, -0.2) is 4.79 Å². The van der Waals surface area contributed by atoms with E-state index >= 15 is 0 Å². The molecule has 0 amide bonds. The van der Waals surface area contributed by atoms with Crippen molar-refractivity contribution in [3.05, 3.63) is 50.7 Å². The molecule has 3 rings (SSSR count). The summed E-state index contributed by atoms with van der Waals surface area (Å²) in [5, 5.41) is 0. The molecule has 134 valence electrons. The summed E-state index contributed by atoms with van der Waals surface area (Å²) in [6.45, 7) is 6.92. The average Bonchev–Trinajstić information content (AvgIpc) is 2.60. The minimum atomic E-state index is -0.462. The van der Waals surface area contributed by atoms with Gasteiger partial charge in [0.15, 0.2) is 0 Å². The number of aromatic nitrogens is 2. The molecule has 1 aliphatic heterocycles. The van der Waals surface area contributed by atoms with E-state index in [1.807, 2.05) is 38.1 Å². The van der Waals surface area contributed by atoms with Crippen molar-refractivity contribution in [2.45, 2.75) is 19.8 Å². The molecule has 7 heteroatoms. The molecule has 0 radical (unpaired) electrons. The van der Waals surface area contributed by atoms with Crippen molar-refractivity contribution in [3.63, 3.8) is 0 Å². The summed E-state index contributed by atoms with van der Waals surface area (Å²) in [4.78, 5) is 33.4. The summed E-state index contributed by atoms with van der Waals surface area (Å²) in [5.74, 6) is 1.52. The van der Waals surface area contributed by atoms with Gasteiger partial charge >= 0.3 is 5.69 Å². The van der Waals surface area contributed by atoms with Crippen molar-refractivity contribution >= 4 is 11.5 Å². The third-order valence-electron chi connectivity index (χ3n) is 4.56. The maximum atomic E-state index is 12.2. The van der Waals surface area contributed by atoms with Crippen LogP contribution in [-0.4, -0.2) is 43.3 Å². The van der Waals surface area contributed by atoms with Crippen molar-refractivity contribution in [3.8, 4) is 5.75 Å². The molecule has 2 aromatic rings. The molecule has 1 fully saturated rings. The monoisotopic (exact) mass is 344 g/mol. The van der Waals surface area contributed by atoms with E-state index < -0.39 is 5.69 Å². The van der Waals surface area contributed by atoms with Gasteiger partial charge in [-0.3, -0.25) is 14.8 Å². The molecular formula is C18H24N4O3. The summed E-state index contributed by atoms with van der Waals surface area (Å²) in [6, 6.07) is 7.94. The second-order valence-corrected chi connectivity index (χ2v) is 6.47. The van der Waals surface area contributed by atoms with Gasteiger partial charge < -0.3 is 14.5 Å². The van der Waals surface area contributed by atoms with Crippen LogP contribution < -0.4 is 25.8 Å². The normalized spacial score (nSPS) is 14.9. The van der Waals surface area contributed by atoms with Crippen LogP contribution in [-0.2, 0) is 0 Å². The summed E-state index contributed by atoms with van der Waals surface area (Å²) in [7, 11) is 1.67. The maximum absolute atomic E-state index is 12.2. The van der Waals surface area contributed by atoms with Gasteiger partial charge in [-0.15, -0.1) is 0 Å². The molecule has 0 bridgehead atoms. The number of ether oxygens (including phenoxy) is 1. The second kappa shape index (κ2) is 7.04. The van der Waals surface area contributed by atoms with Gasteiger partial charge in [0, 0.05) is 26.2 Å². The number of benzene rings is 1. The van der Waals surface area contributed by atoms with E-state index in [1.54, 1.807) is 7.11 Å². The van der Waals surface area contributed by atoms with Crippen LogP contribution in [0.4, 0.5) is 11.5 Å². The first-order valence-electron chi connectivity index (χ1n) is 8.50. The van der Waals surface area contributed by atoms with Crippen molar-refractivity contribution < 1.29 is 4.74 Å². The van der Waals surface area contributed by atoms with E-state index in [2.05, 4.69) is 19.8 Å². The molecule has 0 unspecified atom stereocenters. The Morgan fingerprint density at radius 1 is 1.00 bits per heavy atom. The molecule has 1 aliphatic rings. The van der Waals surface area contributed by atoms with Crippen LogP contribution in [0.5, 0.6) is 5.75 Å². The summed E-state index contributed by atoms with van der Waals surface area (Å²) in [6.07, 6.45) is 0. The van der Waals surface area contributed by atoms with Gasteiger partial charge in [0.1, 0.15) is 11.6 Å². The smallest absolute Gasteiger partial charge is 0.327 e. The molecule has 7 nitrogen and oxygen atoms in total. The number of hydrogen-bond donors (Lipinski definition) is 2. The molecule has 0 atom stereocenters. The standard InChI is InChI=1S/C18H24N4O3/c1-12(2)15-16(19-18(24)20-17(15)23)22-10-8-21(9-11-22)13-6-4-5-7-14(13)25-3/h4-7,12H,8-11H2,1-3H3,(H2,19,20,23,24). The van der Waals surface area contributed by atoms with Gasteiger partial charge in [-0.05, 0) is 18.1 Å². The Kier molecular flexibility index (Phi) is 4.83. The molecule has 0 saturated carbocycles. The number of H-pyrrole nitrogens is 2. The number of piperazine rings is 1. The SMILES string of the molecule is COc1ccccc1N1CCN(c2[nH]c(=O)[nH]c(=O)c2C(C)C)CC1. The first kappa shape index (κ1) is 17.1. The zero-order valence-corrected chi connectivity index (χ0v) is 14.8. The van der Waals surface area contributed by atoms with E-state index in [0.29, 0.717) is 11.4 Å². The molecule has 1 saturated heterocycles. The predicted octanol–water partition coefficient (Wildman–Crippen LogP) is 1.52. The second-order valence-electron chi connectivity index (χ2n) is 6.47. The van der Waals surface area contributed by atoms with Crippen LogP contribution in [0.2, 0.25) is 0 Å². The van der Waals surface area contributed by atoms with Gasteiger partial charge in [-0.1, -0.05) is 26.0 Å². The average molecular weight is 344 g/mol. The fourth-order valence-electron chi connectivity index (χ4n) is 3.33. The van der Waals surface area contributed by atoms with Crippen LogP contribution in [0.15, 0.2) is 33.9 Å². The molecule has 25 heavy (non-hydrogen) atoms. The fourth-order valence-corrected chi connectivity index (χ4v) is 3.33. The highest BCUT2D eigenvalue weighted by molar-refractivity contribution is 5.60. The Morgan fingerprint density at radius 3 is 2.28 bits per heavy atom. The van der Waals surface area contributed by atoms with Crippen LogP contribution in [0.25, 0.3) is 0 Å². The number of rotatable bonds is 4. The summed E-state index contributed by atoms with van der Waals surface area (Å²) >= 11 is 0. The molecule has 0 aliphatic carbocycles. The Bertz CT molecular complexity index is 848. The number of methoxy groups -OCH3 is 1. The van der Waals surface area contributed by atoms with Crippen molar-refractivity contribution in [1.29, 1.82) is 0 Å². The van der Waals surface area contributed by atoms with Gasteiger partial charge in [0.25, 0.3) is 5.56 Å². The molecule has 1 aromatic carbocycles. The number of para-hydroxylation sites is 2. The van der Waals surface area contributed by atoms with Gasteiger partial charge in [-0.2, -0.15) is 0 Å². The Balaban J connectivity index is 1.84. The number of nitrogens with zero attached hydrogens (tertiary/aromatic N) is 2. The van der Waals surface area contributed by atoms with Gasteiger partial charge in [0.2, 0.25) is 0 Å². The predicted molar refractivity (Wildman–Crippen MR) is 99.2 cm³/mol. The van der Waals surface area contributed by atoms with E-state index in [4.69, 9.17) is 4.74 Å². The zero-order chi connectivity index (χ0) is 18.0. The highest BCUT2D eigenvalue weighted by Gasteiger charge is 2.24. The Morgan fingerprint density at radius 2 is 1.64 bits per heavy atom. The number of hydrogen-bond acceptors (Lipinski definition) is 5. The molecule has 2 heterocycles. The van der Waals surface area contributed by atoms with Gasteiger partial charge in [0.05, 0.1) is 18.4 Å². The van der Waals surface area contributed by atoms with Crippen LogP contribution >= 0.6 is 0 Å². The van der Waals surface area contributed by atoms with E-state index in [0.717, 1.165) is 37.6 Å². The van der Waals surface area contributed by atoms with Crippen LogP contribution in [0.1, 0.15) is 25.3 Å². The Hall–Kier alpha value is -2.70. The van der Waals surface area contributed by atoms with E-state index in [-0.39, 0.29) is 11.5 Å².